The van der Waals surface area contributed by atoms with Gasteiger partial charge in [0.1, 0.15) is 0 Å². The van der Waals surface area contributed by atoms with Gasteiger partial charge in [-0.2, -0.15) is 0 Å². The van der Waals surface area contributed by atoms with E-state index in [0.717, 1.165) is 12.5 Å². The van der Waals surface area contributed by atoms with Crippen LogP contribution in [0.25, 0.3) is 0 Å². The zero-order valence-corrected chi connectivity index (χ0v) is 6.28. The normalized spacial score (nSPS) is 9.40. The lowest BCUT2D eigenvalue weighted by Gasteiger charge is -2.12. The average molecular weight is 137 g/mol. The van der Waals surface area contributed by atoms with E-state index in [9.17, 15) is 0 Å². The molecule has 0 aliphatic carbocycles. The van der Waals surface area contributed by atoms with Crippen LogP contribution in [0.15, 0.2) is 18.5 Å². The van der Waals surface area contributed by atoms with Gasteiger partial charge >= 0.3 is 0 Å². The number of hydrogen-bond donors (Lipinski definition) is 0. The fourth-order valence-electron chi connectivity index (χ4n) is 0.630. The van der Waals surface area contributed by atoms with E-state index < -0.39 is 0 Å². The molecule has 1 heterocycles. The minimum Gasteiger partial charge on any atom is -0.344 e. The van der Waals surface area contributed by atoms with Gasteiger partial charge in [0.15, 0.2) is 0 Å². The van der Waals surface area contributed by atoms with E-state index in [2.05, 4.69) is 16.9 Å². The summed E-state index contributed by atoms with van der Waals surface area (Å²) < 4.78 is 0. The molecule has 3 nitrogen and oxygen atoms in total. The van der Waals surface area contributed by atoms with Gasteiger partial charge in [-0.1, -0.05) is 0 Å². The summed E-state index contributed by atoms with van der Waals surface area (Å²) in [4.78, 5) is 10.1. The van der Waals surface area contributed by atoms with Crippen molar-refractivity contribution in [2.24, 2.45) is 0 Å². The first kappa shape index (κ1) is 6.99. The first-order valence-corrected chi connectivity index (χ1v) is 3.32. The minimum atomic E-state index is 0.782. The van der Waals surface area contributed by atoms with E-state index in [0.29, 0.717) is 0 Å². The third-order valence-corrected chi connectivity index (χ3v) is 1.37. The van der Waals surface area contributed by atoms with Gasteiger partial charge in [-0.25, -0.2) is 9.97 Å². The molecule has 0 aliphatic rings. The molecule has 0 amide bonds. The Labute approximate surface area is 60.7 Å². The molecule has 0 saturated carbocycles. The third-order valence-electron chi connectivity index (χ3n) is 1.37. The second-order valence-corrected chi connectivity index (χ2v) is 2.06. The fraction of sp³-hybridized carbons (Fsp3) is 0.429. The monoisotopic (exact) mass is 137 g/mol. The highest BCUT2D eigenvalue weighted by atomic mass is 15.2. The zero-order chi connectivity index (χ0) is 7.40. The molecule has 54 valence electrons. The summed E-state index contributed by atoms with van der Waals surface area (Å²) in [6.45, 7) is 3.00. The van der Waals surface area contributed by atoms with Gasteiger partial charge in [-0.3, -0.25) is 0 Å². The van der Waals surface area contributed by atoms with Gasteiger partial charge in [-0.15, -0.1) is 0 Å². The Balaban J connectivity index is 2.75. The minimum absolute atomic E-state index is 0.782. The molecular weight excluding hydrogens is 126 g/mol. The van der Waals surface area contributed by atoms with E-state index in [1.807, 2.05) is 18.0 Å². The molecule has 1 aromatic rings. The molecule has 0 fully saturated rings. The van der Waals surface area contributed by atoms with Crippen molar-refractivity contribution in [3.63, 3.8) is 0 Å². The summed E-state index contributed by atoms with van der Waals surface area (Å²) in [5, 5.41) is 0. The summed E-state index contributed by atoms with van der Waals surface area (Å²) in [5.41, 5.74) is 0. The van der Waals surface area contributed by atoms with E-state index in [1.165, 1.54) is 0 Å². The average Bonchev–Trinajstić information content (AvgIpc) is 2.05. The van der Waals surface area contributed by atoms with Gasteiger partial charge in [0.05, 0.1) is 0 Å². The quantitative estimate of drug-likeness (QED) is 0.607. The Hall–Kier alpha value is -1.12. The SMILES string of the molecule is CCN(C)c1ncccn1. The van der Waals surface area contributed by atoms with Crippen molar-refractivity contribution >= 4 is 5.95 Å². The summed E-state index contributed by atoms with van der Waals surface area (Å²) in [6.07, 6.45) is 3.49. The molecule has 0 aromatic carbocycles. The van der Waals surface area contributed by atoms with E-state index in [4.69, 9.17) is 0 Å². The van der Waals surface area contributed by atoms with Crippen LogP contribution in [-0.2, 0) is 0 Å². The fourth-order valence-corrected chi connectivity index (χ4v) is 0.630. The van der Waals surface area contributed by atoms with Crippen LogP contribution in [0.4, 0.5) is 5.95 Å². The predicted octanol–water partition coefficient (Wildman–Crippen LogP) is 0.933. The summed E-state index contributed by atoms with van der Waals surface area (Å²) >= 11 is 0. The second-order valence-electron chi connectivity index (χ2n) is 2.06. The van der Waals surface area contributed by atoms with Crippen LogP contribution in [0.3, 0.4) is 0 Å². The highest BCUT2D eigenvalue weighted by Gasteiger charge is 1.96. The Morgan fingerprint density at radius 2 is 2.00 bits per heavy atom. The standard InChI is InChI=1S/C7H11N3/c1-3-10(2)7-8-5-4-6-9-7/h4-6H,3H2,1-2H3. The molecular formula is C7H11N3. The van der Waals surface area contributed by atoms with Crippen LogP contribution in [0.1, 0.15) is 6.92 Å². The Bertz CT molecular complexity index is 185. The molecule has 0 N–H and O–H groups in total. The smallest absolute Gasteiger partial charge is 0.224 e. The number of aromatic nitrogens is 2. The molecule has 10 heavy (non-hydrogen) atoms. The van der Waals surface area contributed by atoms with Crippen molar-refractivity contribution in [1.82, 2.24) is 9.97 Å². The first-order chi connectivity index (χ1) is 4.84. The second kappa shape index (κ2) is 3.15. The number of anilines is 1. The van der Waals surface area contributed by atoms with Crippen LogP contribution in [0.5, 0.6) is 0 Å². The summed E-state index contributed by atoms with van der Waals surface area (Å²) in [6, 6.07) is 1.81. The largest absolute Gasteiger partial charge is 0.344 e. The van der Waals surface area contributed by atoms with Crippen molar-refractivity contribution in [3.05, 3.63) is 18.5 Å². The van der Waals surface area contributed by atoms with Gasteiger partial charge < -0.3 is 4.90 Å². The van der Waals surface area contributed by atoms with E-state index in [-0.39, 0.29) is 0 Å². The summed E-state index contributed by atoms with van der Waals surface area (Å²) in [5.74, 6) is 0.782. The molecule has 0 bridgehead atoms. The Kier molecular flexibility index (Phi) is 2.20. The van der Waals surface area contributed by atoms with Gasteiger partial charge in [0, 0.05) is 26.0 Å². The highest BCUT2D eigenvalue weighted by Crippen LogP contribution is 1.99. The zero-order valence-electron chi connectivity index (χ0n) is 6.28. The molecule has 3 heteroatoms. The van der Waals surface area contributed by atoms with Crippen LogP contribution in [-0.4, -0.2) is 23.6 Å². The molecule has 0 spiro atoms. The highest BCUT2D eigenvalue weighted by molar-refractivity contribution is 5.25. The maximum atomic E-state index is 4.06. The maximum absolute atomic E-state index is 4.06. The van der Waals surface area contributed by atoms with E-state index >= 15 is 0 Å². The number of rotatable bonds is 2. The van der Waals surface area contributed by atoms with E-state index in [1.54, 1.807) is 12.4 Å². The van der Waals surface area contributed by atoms with Crippen molar-refractivity contribution in [2.45, 2.75) is 6.92 Å². The molecule has 0 aliphatic heterocycles. The number of nitrogens with zero attached hydrogens (tertiary/aromatic N) is 3. The van der Waals surface area contributed by atoms with Crippen molar-refractivity contribution in [3.8, 4) is 0 Å². The van der Waals surface area contributed by atoms with Crippen molar-refractivity contribution in [2.75, 3.05) is 18.5 Å². The molecule has 0 unspecified atom stereocenters. The maximum Gasteiger partial charge on any atom is 0.224 e. The lowest BCUT2D eigenvalue weighted by molar-refractivity contribution is 0.901. The van der Waals surface area contributed by atoms with Crippen molar-refractivity contribution in [1.29, 1.82) is 0 Å². The molecule has 0 atom stereocenters. The Morgan fingerprint density at radius 3 is 2.50 bits per heavy atom. The topological polar surface area (TPSA) is 29.0 Å². The Morgan fingerprint density at radius 1 is 1.40 bits per heavy atom. The van der Waals surface area contributed by atoms with Crippen LogP contribution in [0, 0.1) is 0 Å². The summed E-state index contributed by atoms with van der Waals surface area (Å²) in [7, 11) is 1.97. The van der Waals surface area contributed by atoms with Crippen molar-refractivity contribution < 1.29 is 0 Å². The van der Waals surface area contributed by atoms with Crippen LogP contribution in [0.2, 0.25) is 0 Å². The molecule has 1 aromatic heterocycles. The molecule has 0 saturated heterocycles. The predicted molar refractivity (Wildman–Crippen MR) is 41.0 cm³/mol. The van der Waals surface area contributed by atoms with Gasteiger partial charge in [-0.05, 0) is 13.0 Å². The number of hydrogen-bond acceptors (Lipinski definition) is 3. The van der Waals surface area contributed by atoms with Crippen LogP contribution >= 0.6 is 0 Å². The first-order valence-electron chi connectivity index (χ1n) is 3.32. The lowest BCUT2D eigenvalue weighted by Crippen LogP contribution is -2.18. The third kappa shape index (κ3) is 1.43. The molecule has 0 radical (unpaired) electrons. The molecule has 1 rings (SSSR count). The lowest BCUT2D eigenvalue weighted by atomic mass is 10.6. The van der Waals surface area contributed by atoms with Crippen LogP contribution < -0.4 is 4.90 Å². The van der Waals surface area contributed by atoms with Gasteiger partial charge in [0.25, 0.3) is 0 Å². The van der Waals surface area contributed by atoms with Gasteiger partial charge in [0.2, 0.25) is 5.95 Å².